The van der Waals surface area contributed by atoms with E-state index in [2.05, 4.69) is 21.7 Å². The first kappa shape index (κ1) is 14.4. The van der Waals surface area contributed by atoms with E-state index in [1.807, 2.05) is 12.1 Å². The molecule has 0 spiro atoms. The number of piperazine rings is 1. The minimum Gasteiger partial charge on any atom is -0.477 e. The second-order valence-corrected chi connectivity index (χ2v) is 6.35. The Labute approximate surface area is 127 Å². The number of carbonyl (C=O) groups is 1. The van der Waals surface area contributed by atoms with Crippen LogP contribution < -0.4 is 0 Å². The standard InChI is InChI=1S/C15H19N3O2S/c1-2-17-5-7-18(8-6-17)10-12-4-3-11-9-13(15(19)20)21-14(11)16-12/h3-4,9H,2,5-8,10H2,1H3,(H,19,20). The van der Waals surface area contributed by atoms with Crippen LogP contribution in [-0.2, 0) is 6.54 Å². The fourth-order valence-electron chi connectivity index (χ4n) is 2.64. The van der Waals surface area contributed by atoms with Gasteiger partial charge in [0.15, 0.2) is 0 Å². The lowest BCUT2D eigenvalue weighted by molar-refractivity contribution is 0.0702. The molecule has 0 atom stereocenters. The molecule has 1 aliphatic rings. The van der Waals surface area contributed by atoms with Crippen LogP contribution in [0, 0.1) is 0 Å². The van der Waals surface area contributed by atoms with Gasteiger partial charge in [0.1, 0.15) is 9.71 Å². The highest BCUT2D eigenvalue weighted by Gasteiger charge is 2.16. The van der Waals surface area contributed by atoms with E-state index in [0.717, 1.165) is 55.2 Å². The SMILES string of the molecule is CCN1CCN(Cc2ccc3cc(C(=O)O)sc3n2)CC1. The number of pyridine rings is 1. The quantitative estimate of drug-likeness (QED) is 0.938. The highest BCUT2D eigenvalue weighted by Crippen LogP contribution is 2.24. The van der Waals surface area contributed by atoms with E-state index in [1.54, 1.807) is 6.07 Å². The molecule has 1 saturated heterocycles. The van der Waals surface area contributed by atoms with Crippen molar-refractivity contribution in [2.45, 2.75) is 13.5 Å². The van der Waals surface area contributed by atoms with E-state index in [9.17, 15) is 4.79 Å². The number of carboxylic acid groups (broad SMARTS) is 1. The maximum absolute atomic E-state index is 11.0. The van der Waals surface area contributed by atoms with Gasteiger partial charge in [0, 0.05) is 38.1 Å². The molecular formula is C15H19N3O2S. The van der Waals surface area contributed by atoms with Gasteiger partial charge >= 0.3 is 5.97 Å². The summed E-state index contributed by atoms with van der Waals surface area (Å²) in [5, 5.41) is 9.95. The summed E-state index contributed by atoms with van der Waals surface area (Å²) in [5.41, 5.74) is 1.02. The maximum atomic E-state index is 11.0. The number of aromatic nitrogens is 1. The molecule has 5 nitrogen and oxygen atoms in total. The molecule has 0 amide bonds. The Morgan fingerprint density at radius 3 is 2.67 bits per heavy atom. The molecule has 0 aromatic carbocycles. The normalized spacial score (nSPS) is 17.4. The number of likely N-dealkylation sites (N-methyl/N-ethyl adjacent to an activating group) is 1. The fraction of sp³-hybridized carbons (Fsp3) is 0.467. The number of carboxylic acids is 1. The first-order valence-corrected chi connectivity index (χ1v) is 8.05. The summed E-state index contributed by atoms with van der Waals surface area (Å²) in [4.78, 5) is 21.6. The van der Waals surface area contributed by atoms with Crippen LogP contribution in [0.5, 0.6) is 0 Å². The molecule has 0 aliphatic carbocycles. The van der Waals surface area contributed by atoms with Crippen LogP contribution in [0.1, 0.15) is 22.3 Å². The lowest BCUT2D eigenvalue weighted by Crippen LogP contribution is -2.45. The van der Waals surface area contributed by atoms with Gasteiger partial charge in [-0.3, -0.25) is 4.90 Å². The maximum Gasteiger partial charge on any atom is 0.345 e. The highest BCUT2D eigenvalue weighted by atomic mass is 32.1. The Morgan fingerprint density at radius 2 is 2.00 bits per heavy atom. The number of hydrogen-bond donors (Lipinski definition) is 1. The van der Waals surface area contributed by atoms with E-state index < -0.39 is 5.97 Å². The number of fused-ring (bicyclic) bond motifs is 1. The minimum atomic E-state index is -0.879. The topological polar surface area (TPSA) is 56.7 Å². The first-order chi connectivity index (χ1) is 10.2. The van der Waals surface area contributed by atoms with Crippen molar-refractivity contribution >= 4 is 27.5 Å². The van der Waals surface area contributed by atoms with Gasteiger partial charge in [-0.2, -0.15) is 0 Å². The molecule has 2 aromatic heterocycles. The van der Waals surface area contributed by atoms with E-state index in [-0.39, 0.29) is 0 Å². The largest absolute Gasteiger partial charge is 0.477 e. The Balaban J connectivity index is 1.71. The van der Waals surface area contributed by atoms with Crippen molar-refractivity contribution in [1.82, 2.24) is 14.8 Å². The third-order valence-corrected chi connectivity index (χ3v) is 4.98. The number of hydrogen-bond acceptors (Lipinski definition) is 5. The molecule has 6 heteroatoms. The molecule has 2 aromatic rings. The van der Waals surface area contributed by atoms with E-state index in [4.69, 9.17) is 5.11 Å². The molecule has 3 rings (SSSR count). The monoisotopic (exact) mass is 305 g/mol. The zero-order valence-electron chi connectivity index (χ0n) is 12.1. The minimum absolute atomic E-state index is 0.353. The van der Waals surface area contributed by atoms with Gasteiger partial charge in [-0.05, 0) is 18.7 Å². The summed E-state index contributed by atoms with van der Waals surface area (Å²) in [6, 6.07) is 5.68. The van der Waals surface area contributed by atoms with Crippen molar-refractivity contribution in [2.75, 3.05) is 32.7 Å². The molecule has 112 valence electrons. The molecule has 3 heterocycles. The van der Waals surface area contributed by atoms with E-state index in [1.165, 1.54) is 11.3 Å². The van der Waals surface area contributed by atoms with Crippen LogP contribution >= 0.6 is 11.3 Å². The van der Waals surface area contributed by atoms with Gasteiger partial charge in [0.2, 0.25) is 0 Å². The molecule has 0 radical (unpaired) electrons. The van der Waals surface area contributed by atoms with Gasteiger partial charge in [-0.15, -0.1) is 11.3 Å². The van der Waals surface area contributed by atoms with Gasteiger partial charge in [0.25, 0.3) is 0 Å². The summed E-state index contributed by atoms with van der Waals surface area (Å²) in [5.74, 6) is -0.879. The van der Waals surface area contributed by atoms with Gasteiger partial charge < -0.3 is 10.0 Å². The average molecular weight is 305 g/mol. The molecule has 0 unspecified atom stereocenters. The van der Waals surface area contributed by atoms with Crippen molar-refractivity contribution in [1.29, 1.82) is 0 Å². The van der Waals surface area contributed by atoms with Crippen molar-refractivity contribution in [2.24, 2.45) is 0 Å². The third kappa shape index (κ3) is 3.23. The number of rotatable bonds is 4. The Hall–Kier alpha value is -1.50. The lowest BCUT2D eigenvalue weighted by Gasteiger charge is -2.33. The first-order valence-electron chi connectivity index (χ1n) is 7.23. The van der Waals surface area contributed by atoms with Crippen LogP contribution in [0.25, 0.3) is 10.2 Å². The van der Waals surface area contributed by atoms with Gasteiger partial charge in [-0.1, -0.05) is 13.0 Å². The zero-order chi connectivity index (χ0) is 14.8. The predicted octanol–water partition coefficient (Wildman–Crippen LogP) is 2.13. The summed E-state index contributed by atoms with van der Waals surface area (Å²) >= 11 is 1.25. The molecular weight excluding hydrogens is 286 g/mol. The summed E-state index contributed by atoms with van der Waals surface area (Å²) in [6.07, 6.45) is 0. The molecule has 0 bridgehead atoms. The Morgan fingerprint density at radius 1 is 1.29 bits per heavy atom. The van der Waals surface area contributed by atoms with Crippen molar-refractivity contribution in [3.05, 3.63) is 28.8 Å². The number of nitrogens with zero attached hydrogens (tertiary/aromatic N) is 3. The lowest BCUT2D eigenvalue weighted by atomic mass is 10.2. The fourth-order valence-corrected chi connectivity index (χ4v) is 3.53. The zero-order valence-corrected chi connectivity index (χ0v) is 12.9. The second kappa shape index (κ2) is 6.09. The average Bonchev–Trinajstić information content (AvgIpc) is 2.91. The Kier molecular flexibility index (Phi) is 4.19. The summed E-state index contributed by atoms with van der Waals surface area (Å²) < 4.78 is 0. The summed E-state index contributed by atoms with van der Waals surface area (Å²) in [7, 11) is 0. The van der Waals surface area contributed by atoms with Crippen LogP contribution in [0.2, 0.25) is 0 Å². The molecule has 21 heavy (non-hydrogen) atoms. The molecule has 1 fully saturated rings. The van der Waals surface area contributed by atoms with E-state index >= 15 is 0 Å². The van der Waals surface area contributed by atoms with Crippen LogP contribution in [-0.4, -0.2) is 58.6 Å². The van der Waals surface area contributed by atoms with Gasteiger partial charge in [-0.25, -0.2) is 9.78 Å². The summed E-state index contributed by atoms with van der Waals surface area (Å²) in [6.45, 7) is 8.51. The molecule has 0 saturated carbocycles. The van der Waals surface area contributed by atoms with Crippen LogP contribution in [0.15, 0.2) is 18.2 Å². The van der Waals surface area contributed by atoms with Crippen molar-refractivity contribution < 1.29 is 9.90 Å². The van der Waals surface area contributed by atoms with Gasteiger partial charge in [0.05, 0.1) is 5.69 Å². The number of thiophene rings is 1. The van der Waals surface area contributed by atoms with Crippen LogP contribution in [0.4, 0.5) is 0 Å². The smallest absolute Gasteiger partial charge is 0.345 e. The highest BCUT2D eigenvalue weighted by molar-refractivity contribution is 7.20. The second-order valence-electron chi connectivity index (χ2n) is 5.32. The third-order valence-electron chi connectivity index (χ3n) is 3.95. The molecule has 1 aliphatic heterocycles. The molecule has 1 N–H and O–H groups in total. The predicted molar refractivity (Wildman–Crippen MR) is 84.0 cm³/mol. The Bertz CT molecular complexity index is 647. The van der Waals surface area contributed by atoms with E-state index in [0.29, 0.717) is 4.88 Å². The van der Waals surface area contributed by atoms with Crippen molar-refractivity contribution in [3.63, 3.8) is 0 Å². The number of aromatic carboxylic acids is 1. The van der Waals surface area contributed by atoms with Crippen LogP contribution in [0.3, 0.4) is 0 Å². The van der Waals surface area contributed by atoms with Crippen molar-refractivity contribution in [3.8, 4) is 0 Å².